The van der Waals surface area contributed by atoms with Crippen molar-refractivity contribution in [3.63, 3.8) is 0 Å². The highest BCUT2D eigenvalue weighted by Crippen LogP contribution is 2.22. The molecule has 1 saturated heterocycles. The van der Waals surface area contributed by atoms with E-state index in [1.807, 2.05) is 0 Å². The molecule has 0 aromatic carbocycles. The Balaban J connectivity index is 1.99. The van der Waals surface area contributed by atoms with Gasteiger partial charge in [0.2, 0.25) is 21.5 Å². The van der Waals surface area contributed by atoms with Crippen molar-refractivity contribution in [3.8, 4) is 0 Å². The third kappa shape index (κ3) is 3.92. The van der Waals surface area contributed by atoms with Crippen LogP contribution in [0.1, 0.15) is 19.8 Å². The summed E-state index contributed by atoms with van der Waals surface area (Å²) in [6.07, 6.45) is 2.65. The minimum Gasteiger partial charge on any atom is -0.356 e. The molecule has 1 aliphatic rings. The summed E-state index contributed by atoms with van der Waals surface area (Å²) in [5.74, 6) is 0.231. The molecule has 0 saturated carbocycles. The summed E-state index contributed by atoms with van der Waals surface area (Å²) in [6.45, 7) is 2.90. The van der Waals surface area contributed by atoms with Crippen molar-refractivity contribution in [1.29, 1.82) is 0 Å². The van der Waals surface area contributed by atoms with E-state index in [1.165, 1.54) is 29.6 Å². The quantitative estimate of drug-likeness (QED) is 0.811. The van der Waals surface area contributed by atoms with E-state index in [-0.39, 0.29) is 16.4 Å². The highest BCUT2D eigenvalue weighted by molar-refractivity contribution is 7.89. The van der Waals surface area contributed by atoms with Gasteiger partial charge in [-0.1, -0.05) is 0 Å². The predicted octanol–water partition coefficient (Wildman–Crippen LogP) is -0.0883. The second kappa shape index (κ2) is 6.40. The fraction of sp³-hybridized carbons (Fsp3) is 0.538. The third-order valence-electron chi connectivity index (χ3n) is 3.61. The maximum atomic E-state index is 12.4. The number of H-pyrrole nitrogens is 1. The second-order valence-corrected chi connectivity index (χ2v) is 7.11. The van der Waals surface area contributed by atoms with Crippen molar-refractivity contribution in [2.45, 2.75) is 24.7 Å². The Morgan fingerprint density at radius 2 is 2.05 bits per heavy atom. The van der Waals surface area contributed by atoms with Crippen molar-refractivity contribution in [2.24, 2.45) is 5.92 Å². The van der Waals surface area contributed by atoms with E-state index >= 15 is 0 Å². The lowest BCUT2D eigenvalue weighted by molar-refractivity contribution is -0.119. The number of nitrogens with one attached hydrogen (secondary N) is 2. The van der Waals surface area contributed by atoms with E-state index in [9.17, 15) is 18.0 Å². The number of aromatic amines is 1. The largest absolute Gasteiger partial charge is 0.356 e. The van der Waals surface area contributed by atoms with E-state index in [0.29, 0.717) is 38.4 Å². The first-order valence-electron chi connectivity index (χ1n) is 6.83. The number of sulfonamides is 1. The fourth-order valence-corrected chi connectivity index (χ4v) is 3.79. The van der Waals surface area contributed by atoms with Gasteiger partial charge >= 0.3 is 0 Å². The van der Waals surface area contributed by atoms with Crippen molar-refractivity contribution >= 4 is 15.9 Å². The summed E-state index contributed by atoms with van der Waals surface area (Å²) in [6, 6.07) is 2.52. The number of hydrogen-bond donors (Lipinski definition) is 2. The lowest BCUT2D eigenvalue weighted by Crippen LogP contribution is -2.41. The molecule has 2 heterocycles. The highest BCUT2D eigenvalue weighted by atomic mass is 32.2. The standard InChI is InChI=1S/C13H19N3O4S/c1-10(17)14-8-11-4-6-16(7-5-11)21(19,20)12-2-3-13(18)15-9-12/h2-3,9,11H,4-8H2,1H3,(H,14,17)(H,15,18). The molecule has 0 bridgehead atoms. The highest BCUT2D eigenvalue weighted by Gasteiger charge is 2.29. The van der Waals surface area contributed by atoms with Gasteiger partial charge in [0.1, 0.15) is 0 Å². The molecule has 2 rings (SSSR count). The zero-order chi connectivity index (χ0) is 15.5. The molecular weight excluding hydrogens is 294 g/mol. The molecule has 2 N–H and O–H groups in total. The molecule has 21 heavy (non-hydrogen) atoms. The van der Waals surface area contributed by atoms with Crippen LogP contribution < -0.4 is 10.9 Å². The first-order valence-corrected chi connectivity index (χ1v) is 8.27. The van der Waals surface area contributed by atoms with Gasteiger partial charge in [-0.05, 0) is 24.8 Å². The molecule has 1 aliphatic heterocycles. The Morgan fingerprint density at radius 3 is 2.57 bits per heavy atom. The molecule has 1 aromatic heterocycles. The number of aromatic nitrogens is 1. The molecule has 0 spiro atoms. The summed E-state index contributed by atoms with van der Waals surface area (Å²) in [5.41, 5.74) is -0.331. The van der Waals surface area contributed by atoms with E-state index in [4.69, 9.17) is 0 Å². The van der Waals surface area contributed by atoms with Gasteiger partial charge in [0.25, 0.3) is 0 Å². The second-order valence-electron chi connectivity index (χ2n) is 5.17. The molecule has 116 valence electrons. The van der Waals surface area contributed by atoms with Gasteiger partial charge in [0.05, 0.1) is 4.90 Å². The Hall–Kier alpha value is -1.67. The van der Waals surface area contributed by atoms with Crippen LogP contribution in [0, 0.1) is 5.92 Å². The van der Waals surface area contributed by atoms with Crippen molar-refractivity contribution in [2.75, 3.05) is 19.6 Å². The van der Waals surface area contributed by atoms with E-state index in [2.05, 4.69) is 10.3 Å². The molecule has 0 atom stereocenters. The maximum Gasteiger partial charge on any atom is 0.247 e. The maximum absolute atomic E-state index is 12.4. The number of amides is 1. The lowest BCUT2D eigenvalue weighted by atomic mass is 9.98. The lowest BCUT2D eigenvalue weighted by Gasteiger charge is -2.31. The first kappa shape index (κ1) is 15.7. The molecule has 1 aromatic rings. The van der Waals surface area contributed by atoms with E-state index in [1.54, 1.807) is 0 Å². The van der Waals surface area contributed by atoms with Crippen molar-refractivity contribution in [1.82, 2.24) is 14.6 Å². The van der Waals surface area contributed by atoms with Gasteiger partial charge in [0.15, 0.2) is 0 Å². The number of pyridine rings is 1. The van der Waals surface area contributed by atoms with Crippen LogP contribution in [-0.4, -0.2) is 43.2 Å². The summed E-state index contributed by atoms with van der Waals surface area (Å²) >= 11 is 0. The van der Waals surface area contributed by atoms with E-state index < -0.39 is 10.0 Å². The summed E-state index contributed by atoms with van der Waals surface area (Å²) < 4.78 is 26.2. The fourth-order valence-electron chi connectivity index (χ4n) is 2.35. The van der Waals surface area contributed by atoms with Gasteiger partial charge in [-0.15, -0.1) is 0 Å². The van der Waals surface area contributed by atoms with Crippen LogP contribution >= 0.6 is 0 Å². The molecule has 0 radical (unpaired) electrons. The zero-order valence-corrected chi connectivity index (χ0v) is 12.6. The number of carbonyl (C=O) groups excluding carboxylic acids is 1. The van der Waals surface area contributed by atoms with Gasteiger partial charge in [-0.3, -0.25) is 9.59 Å². The number of hydrogen-bond acceptors (Lipinski definition) is 4. The van der Waals surface area contributed by atoms with Crippen LogP contribution in [0.25, 0.3) is 0 Å². The van der Waals surface area contributed by atoms with Gasteiger partial charge in [-0.2, -0.15) is 4.31 Å². The molecular formula is C13H19N3O4S. The Labute approximate surface area is 123 Å². The molecule has 7 nitrogen and oxygen atoms in total. The smallest absolute Gasteiger partial charge is 0.247 e. The molecule has 1 amide bonds. The third-order valence-corrected chi connectivity index (χ3v) is 5.50. The normalized spacial score (nSPS) is 17.6. The van der Waals surface area contributed by atoms with Crippen LogP contribution in [0.2, 0.25) is 0 Å². The summed E-state index contributed by atoms with van der Waals surface area (Å²) in [4.78, 5) is 24.3. The summed E-state index contributed by atoms with van der Waals surface area (Å²) in [5, 5.41) is 2.76. The van der Waals surface area contributed by atoms with Gasteiger partial charge in [0, 0.05) is 38.8 Å². The molecule has 0 aliphatic carbocycles. The SMILES string of the molecule is CC(=O)NCC1CCN(S(=O)(=O)c2ccc(=O)[nH]c2)CC1. The number of nitrogens with zero attached hydrogens (tertiary/aromatic N) is 1. The average molecular weight is 313 g/mol. The predicted molar refractivity (Wildman–Crippen MR) is 77.2 cm³/mol. The Bertz CT molecular complexity index is 640. The Kier molecular flexibility index (Phi) is 4.79. The molecule has 1 fully saturated rings. The minimum atomic E-state index is -3.56. The van der Waals surface area contributed by atoms with Crippen LogP contribution in [0.15, 0.2) is 28.0 Å². The number of carbonyl (C=O) groups is 1. The van der Waals surface area contributed by atoms with Crippen LogP contribution in [0.4, 0.5) is 0 Å². The van der Waals surface area contributed by atoms with Gasteiger partial charge in [-0.25, -0.2) is 8.42 Å². The summed E-state index contributed by atoms with van der Waals surface area (Å²) in [7, 11) is -3.56. The first-order chi connectivity index (χ1) is 9.89. The molecule has 0 unspecified atom stereocenters. The van der Waals surface area contributed by atoms with Crippen molar-refractivity contribution in [3.05, 3.63) is 28.7 Å². The Morgan fingerprint density at radius 1 is 1.38 bits per heavy atom. The topological polar surface area (TPSA) is 99.3 Å². The van der Waals surface area contributed by atoms with Crippen molar-refractivity contribution < 1.29 is 13.2 Å². The molecule has 8 heteroatoms. The van der Waals surface area contributed by atoms with Crippen LogP contribution in [-0.2, 0) is 14.8 Å². The van der Waals surface area contributed by atoms with Crippen LogP contribution in [0.5, 0.6) is 0 Å². The monoisotopic (exact) mass is 313 g/mol. The zero-order valence-electron chi connectivity index (χ0n) is 11.8. The number of rotatable bonds is 4. The average Bonchev–Trinajstić information content (AvgIpc) is 2.46. The van der Waals surface area contributed by atoms with Gasteiger partial charge < -0.3 is 10.3 Å². The van der Waals surface area contributed by atoms with E-state index in [0.717, 1.165) is 0 Å². The number of piperidine rings is 1. The van der Waals surface area contributed by atoms with Crippen LogP contribution in [0.3, 0.4) is 0 Å². The minimum absolute atomic E-state index is 0.0710.